The number of carbonyl (C=O) groups excluding carboxylic acids is 1. The highest BCUT2D eigenvalue weighted by Crippen LogP contribution is 2.35. The lowest BCUT2D eigenvalue weighted by Gasteiger charge is -2.34. The van der Waals surface area contributed by atoms with E-state index in [0.717, 1.165) is 12.8 Å². The first-order chi connectivity index (χ1) is 5.31. The topological polar surface area (TPSA) is 29.1 Å². The molecule has 0 aromatic carbocycles. The van der Waals surface area contributed by atoms with Gasteiger partial charge in [-0.3, -0.25) is 4.79 Å². The Labute approximate surface area is 67.4 Å². The third kappa shape index (κ3) is 1.26. The summed E-state index contributed by atoms with van der Waals surface area (Å²) in [6.07, 6.45) is 8.13. The molecule has 1 heterocycles. The molecule has 1 amide bonds. The Bertz CT molecular complexity index is 170. The number of carbonyl (C=O) groups is 1. The first-order valence-electron chi connectivity index (χ1n) is 4.62. The summed E-state index contributed by atoms with van der Waals surface area (Å²) in [4.78, 5) is 11.1. The highest BCUT2D eigenvalue weighted by Gasteiger charge is 2.36. The molecule has 1 N–H and O–H groups in total. The zero-order chi connectivity index (χ0) is 7.73. The van der Waals surface area contributed by atoms with Crippen molar-refractivity contribution in [1.82, 2.24) is 5.32 Å². The largest absolute Gasteiger partial charge is 0.351 e. The Morgan fingerprint density at radius 2 is 1.73 bits per heavy atom. The van der Waals surface area contributed by atoms with Crippen molar-refractivity contribution in [1.29, 1.82) is 0 Å². The lowest BCUT2D eigenvalue weighted by atomic mass is 9.87. The van der Waals surface area contributed by atoms with Gasteiger partial charge < -0.3 is 5.32 Å². The molecule has 1 aliphatic heterocycles. The maximum Gasteiger partial charge on any atom is 0.220 e. The van der Waals surface area contributed by atoms with Gasteiger partial charge >= 0.3 is 0 Å². The van der Waals surface area contributed by atoms with Crippen LogP contribution in [0.3, 0.4) is 0 Å². The Morgan fingerprint density at radius 3 is 2.36 bits per heavy atom. The Kier molecular flexibility index (Phi) is 1.63. The number of amides is 1. The predicted octanol–water partition coefficient (Wildman–Crippen LogP) is 1.60. The van der Waals surface area contributed by atoms with E-state index < -0.39 is 0 Å². The van der Waals surface area contributed by atoms with Crippen molar-refractivity contribution in [3.05, 3.63) is 0 Å². The summed E-state index contributed by atoms with van der Waals surface area (Å²) in [5, 5.41) is 3.15. The molecular weight excluding hydrogens is 138 g/mol. The second-order valence-corrected chi connectivity index (χ2v) is 3.89. The molecule has 0 aromatic heterocycles. The van der Waals surface area contributed by atoms with Gasteiger partial charge in [0.25, 0.3) is 0 Å². The van der Waals surface area contributed by atoms with Gasteiger partial charge in [0.15, 0.2) is 0 Å². The SMILES string of the molecule is O=C1CCCC2(CCCC2)N1. The Hall–Kier alpha value is -0.530. The quantitative estimate of drug-likeness (QED) is 0.562. The van der Waals surface area contributed by atoms with E-state index in [9.17, 15) is 4.79 Å². The van der Waals surface area contributed by atoms with Crippen LogP contribution < -0.4 is 5.32 Å². The molecule has 1 spiro atoms. The molecule has 2 aliphatic rings. The summed E-state index contributed by atoms with van der Waals surface area (Å²) < 4.78 is 0. The Morgan fingerprint density at radius 1 is 1.09 bits per heavy atom. The molecule has 0 atom stereocenters. The molecule has 2 rings (SSSR count). The summed E-state index contributed by atoms with van der Waals surface area (Å²) in [7, 11) is 0. The minimum atomic E-state index is 0.245. The maximum atomic E-state index is 11.1. The molecule has 0 bridgehead atoms. The van der Waals surface area contributed by atoms with Crippen molar-refractivity contribution in [2.45, 2.75) is 50.5 Å². The van der Waals surface area contributed by atoms with Gasteiger partial charge in [0.05, 0.1) is 0 Å². The highest BCUT2D eigenvalue weighted by molar-refractivity contribution is 5.77. The highest BCUT2D eigenvalue weighted by atomic mass is 16.1. The average Bonchev–Trinajstić information content (AvgIpc) is 2.37. The van der Waals surface area contributed by atoms with Gasteiger partial charge in [-0.15, -0.1) is 0 Å². The fraction of sp³-hybridized carbons (Fsp3) is 0.889. The van der Waals surface area contributed by atoms with Crippen LogP contribution in [-0.2, 0) is 4.79 Å². The molecule has 2 heteroatoms. The lowest BCUT2D eigenvalue weighted by Crippen LogP contribution is -2.49. The predicted molar refractivity (Wildman–Crippen MR) is 43.2 cm³/mol. The molecule has 62 valence electrons. The van der Waals surface area contributed by atoms with Crippen LogP contribution in [0.15, 0.2) is 0 Å². The van der Waals surface area contributed by atoms with E-state index in [1.165, 1.54) is 32.1 Å². The molecule has 1 saturated carbocycles. The van der Waals surface area contributed by atoms with Crippen LogP contribution in [0.25, 0.3) is 0 Å². The summed E-state index contributed by atoms with van der Waals surface area (Å²) in [6, 6.07) is 0. The van der Waals surface area contributed by atoms with Crippen LogP contribution >= 0.6 is 0 Å². The normalized spacial score (nSPS) is 28.9. The molecule has 0 radical (unpaired) electrons. The van der Waals surface area contributed by atoms with E-state index in [4.69, 9.17) is 0 Å². The van der Waals surface area contributed by atoms with Gasteiger partial charge in [-0.25, -0.2) is 0 Å². The van der Waals surface area contributed by atoms with Crippen LogP contribution in [0.5, 0.6) is 0 Å². The average molecular weight is 153 g/mol. The monoisotopic (exact) mass is 153 g/mol. The molecular formula is C9H15NO. The molecule has 0 aromatic rings. The van der Waals surface area contributed by atoms with Gasteiger partial charge in [0.1, 0.15) is 0 Å². The summed E-state index contributed by atoms with van der Waals surface area (Å²) in [5.74, 6) is 0.276. The van der Waals surface area contributed by atoms with Crippen LogP contribution in [-0.4, -0.2) is 11.4 Å². The van der Waals surface area contributed by atoms with Crippen LogP contribution in [0.4, 0.5) is 0 Å². The molecule has 11 heavy (non-hydrogen) atoms. The first kappa shape index (κ1) is 7.14. The zero-order valence-electron chi connectivity index (χ0n) is 6.86. The van der Waals surface area contributed by atoms with Crippen LogP contribution in [0.1, 0.15) is 44.9 Å². The van der Waals surface area contributed by atoms with Crippen molar-refractivity contribution in [2.24, 2.45) is 0 Å². The van der Waals surface area contributed by atoms with Gasteiger partial charge in [0, 0.05) is 12.0 Å². The molecule has 2 fully saturated rings. The summed E-state index contributed by atoms with van der Waals surface area (Å²) >= 11 is 0. The molecule has 1 saturated heterocycles. The van der Waals surface area contributed by atoms with Crippen molar-refractivity contribution in [2.75, 3.05) is 0 Å². The van der Waals surface area contributed by atoms with Gasteiger partial charge in [-0.1, -0.05) is 12.8 Å². The third-order valence-corrected chi connectivity index (χ3v) is 3.02. The Balaban J connectivity index is 2.05. The van der Waals surface area contributed by atoms with E-state index in [1.54, 1.807) is 0 Å². The minimum Gasteiger partial charge on any atom is -0.351 e. The summed E-state index contributed by atoms with van der Waals surface area (Å²) in [5.41, 5.74) is 0.245. The number of piperidine rings is 1. The number of nitrogens with one attached hydrogen (secondary N) is 1. The fourth-order valence-electron chi connectivity index (χ4n) is 2.43. The maximum absolute atomic E-state index is 11.1. The van der Waals surface area contributed by atoms with Gasteiger partial charge in [-0.2, -0.15) is 0 Å². The van der Waals surface area contributed by atoms with Crippen molar-refractivity contribution in [3.8, 4) is 0 Å². The third-order valence-electron chi connectivity index (χ3n) is 3.02. The van der Waals surface area contributed by atoms with E-state index >= 15 is 0 Å². The van der Waals surface area contributed by atoms with Crippen LogP contribution in [0, 0.1) is 0 Å². The standard InChI is InChI=1S/C9H15NO/c11-8-4-3-7-9(10-8)5-1-2-6-9/h1-7H2,(H,10,11). The molecule has 0 unspecified atom stereocenters. The van der Waals surface area contributed by atoms with Crippen molar-refractivity contribution < 1.29 is 4.79 Å². The molecule has 1 aliphatic carbocycles. The number of hydrogen-bond acceptors (Lipinski definition) is 1. The smallest absolute Gasteiger partial charge is 0.220 e. The lowest BCUT2D eigenvalue weighted by molar-refractivity contribution is -0.125. The van der Waals surface area contributed by atoms with Gasteiger partial charge in [-0.05, 0) is 25.7 Å². The van der Waals surface area contributed by atoms with E-state index in [1.807, 2.05) is 0 Å². The zero-order valence-corrected chi connectivity index (χ0v) is 6.86. The fourth-order valence-corrected chi connectivity index (χ4v) is 2.43. The van der Waals surface area contributed by atoms with Gasteiger partial charge in [0.2, 0.25) is 5.91 Å². The van der Waals surface area contributed by atoms with Crippen molar-refractivity contribution >= 4 is 5.91 Å². The minimum absolute atomic E-state index is 0.245. The summed E-state index contributed by atoms with van der Waals surface area (Å²) in [6.45, 7) is 0. The number of hydrogen-bond donors (Lipinski definition) is 1. The van der Waals surface area contributed by atoms with Crippen LogP contribution in [0.2, 0.25) is 0 Å². The second kappa shape index (κ2) is 2.50. The van der Waals surface area contributed by atoms with E-state index in [2.05, 4.69) is 5.32 Å². The molecule has 2 nitrogen and oxygen atoms in total. The second-order valence-electron chi connectivity index (χ2n) is 3.89. The van der Waals surface area contributed by atoms with E-state index in [0.29, 0.717) is 0 Å². The van der Waals surface area contributed by atoms with E-state index in [-0.39, 0.29) is 11.4 Å². The number of rotatable bonds is 0. The van der Waals surface area contributed by atoms with Crippen molar-refractivity contribution in [3.63, 3.8) is 0 Å². The first-order valence-corrected chi connectivity index (χ1v) is 4.62.